The van der Waals surface area contributed by atoms with Crippen molar-refractivity contribution in [2.75, 3.05) is 44.8 Å². The van der Waals surface area contributed by atoms with Crippen molar-refractivity contribution in [1.82, 2.24) is 29.3 Å². The van der Waals surface area contributed by atoms with Crippen LogP contribution in [0.5, 0.6) is 0 Å². The third kappa shape index (κ3) is 6.04. The van der Waals surface area contributed by atoms with Crippen LogP contribution in [0.15, 0.2) is 36.9 Å². The standard InChI is InChI=1S/C26H38N8O4/c1-26(2,3)16-7-9-17(10-8-16)31-25(37)33(5)12-6-11-32(4)13-18-20(35)21(36)24(38-18)34-15-30-19-22(27)28-14-29-23(19)34/h7-10,14-15,18,20-21,24,35-36H,6,11-13H2,1-5H3,(H,31,37)(H2,27,28,29)/t18-,20-,21-,24-/m1/s1. The highest BCUT2D eigenvalue weighted by atomic mass is 16.6. The number of nitrogens with zero attached hydrogens (tertiary/aromatic N) is 6. The van der Waals surface area contributed by atoms with Crippen molar-refractivity contribution in [3.05, 3.63) is 42.5 Å². The number of fused-ring (bicyclic) bond motifs is 1. The number of nitrogens with one attached hydrogen (secondary N) is 1. The molecule has 3 heterocycles. The number of benzene rings is 1. The van der Waals surface area contributed by atoms with Crippen LogP contribution in [0.2, 0.25) is 0 Å². The highest BCUT2D eigenvalue weighted by molar-refractivity contribution is 5.89. The molecule has 2 amide bonds. The van der Waals surface area contributed by atoms with Crippen molar-refractivity contribution in [3.8, 4) is 0 Å². The predicted molar refractivity (Wildman–Crippen MR) is 145 cm³/mol. The van der Waals surface area contributed by atoms with Gasteiger partial charge in [0.2, 0.25) is 0 Å². The molecule has 206 valence electrons. The summed E-state index contributed by atoms with van der Waals surface area (Å²) in [6.45, 7) is 8.08. The van der Waals surface area contributed by atoms with Gasteiger partial charge in [0.15, 0.2) is 17.7 Å². The number of urea groups is 1. The van der Waals surface area contributed by atoms with E-state index in [0.717, 1.165) is 12.1 Å². The average molecular weight is 527 g/mol. The first-order valence-electron chi connectivity index (χ1n) is 12.7. The van der Waals surface area contributed by atoms with Crippen LogP contribution in [-0.2, 0) is 10.2 Å². The van der Waals surface area contributed by atoms with Crippen LogP contribution in [0.25, 0.3) is 11.2 Å². The van der Waals surface area contributed by atoms with Crippen LogP contribution in [0.4, 0.5) is 16.3 Å². The maximum Gasteiger partial charge on any atom is 0.321 e. The molecule has 0 bridgehead atoms. The summed E-state index contributed by atoms with van der Waals surface area (Å²) in [5, 5.41) is 24.2. The van der Waals surface area contributed by atoms with Crippen molar-refractivity contribution in [3.63, 3.8) is 0 Å². The number of nitrogens with two attached hydrogens (primary N) is 1. The number of rotatable bonds is 8. The molecule has 1 aliphatic rings. The minimum absolute atomic E-state index is 0.0568. The minimum atomic E-state index is -1.16. The predicted octanol–water partition coefficient (Wildman–Crippen LogP) is 1.81. The molecule has 4 atom stereocenters. The molecule has 0 saturated carbocycles. The average Bonchev–Trinajstić information content (AvgIpc) is 3.41. The van der Waals surface area contributed by atoms with Crippen LogP contribution in [0.1, 0.15) is 39.0 Å². The number of hydrogen-bond donors (Lipinski definition) is 4. The highest BCUT2D eigenvalue weighted by Crippen LogP contribution is 2.32. The summed E-state index contributed by atoms with van der Waals surface area (Å²) in [6.07, 6.45) is -0.197. The number of ether oxygens (including phenoxy) is 1. The van der Waals surface area contributed by atoms with Crippen molar-refractivity contribution in [2.24, 2.45) is 0 Å². The summed E-state index contributed by atoms with van der Waals surface area (Å²) < 4.78 is 7.58. The first-order valence-corrected chi connectivity index (χ1v) is 12.7. The fraction of sp³-hybridized carbons (Fsp3) is 0.538. The summed E-state index contributed by atoms with van der Waals surface area (Å²) in [6, 6.07) is 7.73. The zero-order valence-electron chi connectivity index (χ0n) is 22.6. The lowest BCUT2D eigenvalue weighted by Gasteiger charge is -2.24. The SMILES string of the molecule is CN(CCCN(C)C(=O)Nc1ccc(C(C)(C)C)cc1)C[C@H]1O[C@@H](n2cnc3c(N)ncnc32)[C@H](O)[C@@H]1O. The highest BCUT2D eigenvalue weighted by Gasteiger charge is 2.44. The van der Waals surface area contributed by atoms with E-state index in [9.17, 15) is 15.0 Å². The van der Waals surface area contributed by atoms with Gasteiger partial charge < -0.3 is 35.8 Å². The van der Waals surface area contributed by atoms with Crippen LogP contribution < -0.4 is 11.1 Å². The molecule has 3 aromatic rings. The zero-order chi connectivity index (χ0) is 27.6. The second-order valence-electron chi connectivity index (χ2n) is 10.9. The van der Waals surface area contributed by atoms with E-state index in [4.69, 9.17) is 10.5 Å². The van der Waals surface area contributed by atoms with E-state index < -0.39 is 24.5 Å². The number of aliphatic hydroxyl groups is 2. The maximum atomic E-state index is 12.6. The quantitative estimate of drug-likeness (QED) is 0.344. The molecule has 1 aromatic carbocycles. The molecule has 5 N–H and O–H groups in total. The first-order chi connectivity index (χ1) is 18.0. The first kappa shape index (κ1) is 27.7. The number of aliphatic hydroxyl groups excluding tert-OH is 2. The van der Waals surface area contributed by atoms with Gasteiger partial charge in [0.25, 0.3) is 0 Å². The third-order valence-corrected chi connectivity index (χ3v) is 6.87. The van der Waals surface area contributed by atoms with E-state index in [1.54, 1.807) is 16.5 Å². The van der Waals surface area contributed by atoms with Crippen LogP contribution in [-0.4, -0.2) is 97.6 Å². The number of nitrogen functional groups attached to an aromatic ring is 1. The normalized spacial score (nSPS) is 21.8. The number of amides is 2. The van der Waals surface area contributed by atoms with Crippen molar-refractivity contribution in [1.29, 1.82) is 0 Å². The van der Waals surface area contributed by atoms with Gasteiger partial charge in [-0.2, -0.15) is 0 Å². The lowest BCUT2D eigenvalue weighted by atomic mass is 9.87. The molecule has 1 fully saturated rings. The summed E-state index contributed by atoms with van der Waals surface area (Å²) in [5.74, 6) is 0.232. The number of carbonyl (C=O) groups excluding carboxylic acids is 1. The minimum Gasteiger partial charge on any atom is -0.387 e. The third-order valence-electron chi connectivity index (χ3n) is 6.87. The molecule has 0 radical (unpaired) electrons. The van der Waals surface area contributed by atoms with Gasteiger partial charge in [0, 0.05) is 25.8 Å². The Hall–Kier alpha value is -3.32. The molecule has 12 nitrogen and oxygen atoms in total. The number of likely N-dealkylation sites (N-methyl/N-ethyl adjacent to an activating group) is 1. The molecule has 1 saturated heterocycles. The summed E-state index contributed by atoms with van der Waals surface area (Å²) in [5.41, 5.74) is 8.71. The zero-order valence-corrected chi connectivity index (χ0v) is 22.6. The Morgan fingerprint density at radius 1 is 1.11 bits per heavy atom. The number of carbonyl (C=O) groups is 1. The molecule has 12 heteroatoms. The molecule has 2 aromatic heterocycles. The van der Waals surface area contributed by atoms with Gasteiger partial charge in [-0.05, 0) is 43.1 Å². The van der Waals surface area contributed by atoms with Gasteiger partial charge in [0.05, 0.1) is 6.33 Å². The van der Waals surface area contributed by atoms with E-state index in [1.807, 2.05) is 36.2 Å². The molecular formula is C26H38N8O4. The topological polar surface area (TPSA) is 155 Å². The van der Waals surface area contributed by atoms with Gasteiger partial charge in [0.1, 0.15) is 30.2 Å². The molecule has 0 aliphatic carbocycles. The number of hydrogen-bond acceptors (Lipinski definition) is 9. The van der Waals surface area contributed by atoms with Gasteiger partial charge >= 0.3 is 6.03 Å². The van der Waals surface area contributed by atoms with Crippen molar-refractivity contribution < 1.29 is 19.7 Å². The maximum absolute atomic E-state index is 12.6. The summed E-state index contributed by atoms with van der Waals surface area (Å²) in [4.78, 5) is 28.6. The number of anilines is 2. The van der Waals surface area contributed by atoms with Crippen LogP contribution in [0.3, 0.4) is 0 Å². The van der Waals surface area contributed by atoms with E-state index in [2.05, 4.69) is 41.0 Å². The van der Waals surface area contributed by atoms with Crippen LogP contribution in [0, 0.1) is 0 Å². The smallest absolute Gasteiger partial charge is 0.321 e. The second-order valence-corrected chi connectivity index (χ2v) is 10.9. The van der Waals surface area contributed by atoms with E-state index in [1.165, 1.54) is 18.2 Å². The number of aromatic nitrogens is 4. The fourth-order valence-electron chi connectivity index (χ4n) is 4.52. The van der Waals surface area contributed by atoms with Crippen molar-refractivity contribution in [2.45, 2.75) is 57.1 Å². The largest absolute Gasteiger partial charge is 0.387 e. The molecule has 0 spiro atoms. The Bertz CT molecular complexity index is 1240. The Balaban J connectivity index is 1.24. The second kappa shape index (κ2) is 11.2. The van der Waals surface area contributed by atoms with E-state index >= 15 is 0 Å². The van der Waals surface area contributed by atoms with E-state index in [0.29, 0.717) is 30.8 Å². The van der Waals surface area contributed by atoms with Gasteiger partial charge in [-0.3, -0.25) is 4.57 Å². The molecule has 0 unspecified atom stereocenters. The van der Waals surface area contributed by atoms with Gasteiger partial charge in [-0.15, -0.1) is 0 Å². The molecule has 1 aliphatic heterocycles. The van der Waals surface area contributed by atoms with Crippen LogP contribution >= 0.6 is 0 Å². The Morgan fingerprint density at radius 2 is 1.82 bits per heavy atom. The summed E-state index contributed by atoms with van der Waals surface area (Å²) >= 11 is 0. The Kier molecular flexibility index (Phi) is 8.16. The lowest BCUT2D eigenvalue weighted by molar-refractivity contribution is -0.0422. The Morgan fingerprint density at radius 3 is 2.50 bits per heavy atom. The molecule has 4 rings (SSSR count). The number of imidazole rings is 1. The van der Waals surface area contributed by atoms with E-state index in [-0.39, 0.29) is 17.3 Å². The fourth-order valence-corrected chi connectivity index (χ4v) is 4.52. The lowest BCUT2D eigenvalue weighted by Crippen LogP contribution is -2.39. The van der Waals surface area contributed by atoms with Gasteiger partial charge in [-0.25, -0.2) is 19.7 Å². The van der Waals surface area contributed by atoms with Gasteiger partial charge in [-0.1, -0.05) is 32.9 Å². The summed E-state index contributed by atoms with van der Waals surface area (Å²) in [7, 11) is 3.67. The monoisotopic (exact) mass is 526 g/mol. The Labute approximate surface area is 222 Å². The molecular weight excluding hydrogens is 488 g/mol. The van der Waals surface area contributed by atoms with Crippen molar-refractivity contribution >= 4 is 28.7 Å². The molecule has 38 heavy (non-hydrogen) atoms.